The fraction of sp³-hybridized carbons (Fsp3) is 0.417. The fourth-order valence-electron chi connectivity index (χ4n) is 4.75. The number of carbonyl (C=O) groups is 1. The zero-order valence-corrected chi connectivity index (χ0v) is 19.7. The van der Waals surface area contributed by atoms with Crippen LogP contribution in [0.5, 0.6) is 0 Å². The summed E-state index contributed by atoms with van der Waals surface area (Å²) in [5.41, 5.74) is 3.95. The van der Waals surface area contributed by atoms with Crippen molar-refractivity contribution in [2.75, 3.05) is 36.0 Å². The number of halogens is 1. The molecule has 2 saturated heterocycles. The molecule has 2 aliphatic rings. The van der Waals surface area contributed by atoms with E-state index in [0.29, 0.717) is 36.2 Å². The molecule has 32 heavy (non-hydrogen) atoms. The average molecular weight is 471 g/mol. The molecule has 5 rings (SSSR count). The lowest BCUT2D eigenvalue weighted by molar-refractivity contribution is -0.138. The minimum atomic E-state index is -0.770. The minimum absolute atomic E-state index is 0.0261. The number of nitrogens with one attached hydrogen (secondary N) is 1. The number of hydrogen-bond donors (Lipinski definition) is 1. The van der Waals surface area contributed by atoms with Crippen molar-refractivity contribution in [2.24, 2.45) is 5.92 Å². The molecule has 1 N–H and O–H groups in total. The summed E-state index contributed by atoms with van der Waals surface area (Å²) < 4.78 is 11.8. The third kappa shape index (κ3) is 4.21. The Bertz CT molecular complexity index is 1070. The number of hydrogen-bond acceptors (Lipinski definition) is 4. The van der Waals surface area contributed by atoms with Crippen molar-refractivity contribution in [2.45, 2.75) is 25.8 Å². The van der Waals surface area contributed by atoms with Crippen LogP contribution in [-0.4, -0.2) is 56.5 Å². The number of aryl methyl sites for hydroxylation is 1. The summed E-state index contributed by atoms with van der Waals surface area (Å²) >= 11 is 5.52. The first-order valence-electron chi connectivity index (χ1n) is 11.1. The van der Waals surface area contributed by atoms with Gasteiger partial charge in [-0.3, -0.25) is 4.79 Å². The lowest BCUT2D eigenvalue weighted by Gasteiger charge is -2.43. The molecule has 6 nitrogen and oxygen atoms in total. The van der Waals surface area contributed by atoms with Crippen molar-refractivity contribution in [3.63, 3.8) is 0 Å². The molecule has 1 amide bonds. The Morgan fingerprint density at radius 3 is 2.69 bits per heavy atom. The number of fused-ring (bicyclic) bond motifs is 1. The molecular formula is C24H27ClN4O2S. The molecule has 2 fully saturated rings. The van der Waals surface area contributed by atoms with E-state index in [1.54, 1.807) is 0 Å². The number of piperazine rings is 1. The molecule has 0 radical (unpaired) electrons. The summed E-state index contributed by atoms with van der Waals surface area (Å²) in [6.45, 7) is 3.99. The second kappa shape index (κ2) is 8.96. The van der Waals surface area contributed by atoms with Crippen molar-refractivity contribution in [1.29, 1.82) is 0 Å². The van der Waals surface area contributed by atoms with Gasteiger partial charge in [0, 0.05) is 43.4 Å². The molecule has 1 unspecified atom stereocenters. The van der Waals surface area contributed by atoms with Gasteiger partial charge < -0.3 is 19.3 Å². The maximum Gasteiger partial charge on any atom is 0.226 e. The van der Waals surface area contributed by atoms with E-state index in [9.17, 15) is 9.35 Å². The van der Waals surface area contributed by atoms with E-state index >= 15 is 0 Å². The Kier molecular flexibility index (Phi) is 6.05. The Labute approximate surface area is 196 Å². The molecule has 168 valence electrons. The summed E-state index contributed by atoms with van der Waals surface area (Å²) in [6.07, 6.45) is 1.44. The molecule has 0 spiro atoms. The highest BCUT2D eigenvalue weighted by Crippen LogP contribution is 2.32. The van der Waals surface area contributed by atoms with Crippen molar-refractivity contribution < 1.29 is 9.35 Å². The highest BCUT2D eigenvalue weighted by molar-refractivity contribution is 7.91. The highest BCUT2D eigenvalue weighted by Gasteiger charge is 2.37. The SMILES string of the molecule is Cc1cc2[nH]c(N3CCN(C(=O)C4CC[S+]([O-])CC4)C(c4ccccc4)C3)nc2cc1Cl. The number of benzene rings is 2. The van der Waals surface area contributed by atoms with Gasteiger partial charge in [0.2, 0.25) is 11.9 Å². The van der Waals surface area contributed by atoms with Gasteiger partial charge in [-0.2, -0.15) is 0 Å². The largest absolute Gasteiger partial charge is 0.616 e. The van der Waals surface area contributed by atoms with Gasteiger partial charge in [-0.15, -0.1) is 0 Å². The number of anilines is 1. The molecule has 2 aromatic carbocycles. The molecule has 0 aliphatic carbocycles. The fourth-order valence-corrected chi connectivity index (χ4v) is 6.21. The Hall–Kier alpha value is -2.22. The quantitative estimate of drug-likeness (QED) is 0.585. The Morgan fingerprint density at radius 2 is 1.94 bits per heavy atom. The standard InChI is InChI=1S/C24H27ClN4O2S/c1-16-13-20-21(14-19(16)25)27-24(26-20)28-9-10-29(22(15-28)17-5-3-2-4-6-17)23(30)18-7-11-32(31)12-8-18/h2-6,13-14,18,22H,7-12,15H2,1H3,(H,26,27). The average Bonchev–Trinajstić information content (AvgIpc) is 3.22. The molecule has 3 heterocycles. The first-order chi connectivity index (χ1) is 15.5. The van der Waals surface area contributed by atoms with E-state index in [2.05, 4.69) is 22.0 Å². The molecule has 3 aromatic rings. The van der Waals surface area contributed by atoms with Crippen molar-refractivity contribution in [3.05, 3.63) is 58.6 Å². The van der Waals surface area contributed by atoms with Gasteiger partial charge in [-0.25, -0.2) is 4.98 Å². The normalized spacial score (nSPS) is 24.2. The van der Waals surface area contributed by atoms with Gasteiger partial charge in [0.05, 0.1) is 17.1 Å². The van der Waals surface area contributed by atoms with Gasteiger partial charge >= 0.3 is 0 Å². The Morgan fingerprint density at radius 1 is 1.19 bits per heavy atom. The molecule has 0 bridgehead atoms. The predicted octanol–water partition coefficient (Wildman–Crippen LogP) is 4.07. The van der Waals surface area contributed by atoms with Crippen molar-refractivity contribution in [1.82, 2.24) is 14.9 Å². The number of rotatable bonds is 3. The van der Waals surface area contributed by atoms with Gasteiger partial charge in [-0.05, 0) is 30.2 Å². The summed E-state index contributed by atoms with van der Waals surface area (Å²) in [5, 5.41) is 0.710. The first kappa shape index (κ1) is 21.6. The van der Waals surface area contributed by atoms with Crippen LogP contribution in [0.4, 0.5) is 5.95 Å². The Balaban J connectivity index is 1.42. The van der Waals surface area contributed by atoms with Gasteiger partial charge in [0.1, 0.15) is 11.5 Å². The van der Waals surface area contributed by atoms with Crippen molar-refractivity contribution >= 4 is 45.7 Å². The number of aromatic amines is 1. The van der Waals surface area contributed by atoms with Crippen LogP contribution in [0.25, 0.3) is 11.0 Å². The van der Waals surface area contributed by atoms with Crippen LogP contribution in [0, 0.1) is 12.8 Å². The topological polar surface area (TPSA) is 75.3 Å². The molecule has 1 aromatic heterocycles. The number of nitrogens with zero attached hydrogens (tertiary/aromatic N) is 3. The molecular weight excluding hydrogens is 444 g/mol. The van der Waals surface area contributed by atoms with Crippen LogP contribution in [0.15, 0.2) is 42.5 Å². The predicted molar refractivity (Wildman–Crippen MR) is 130 cm³/mol. The smallest absolute Gasteiger partial charge is 0.226 e. The van der Waals surface area contributed by atoms with Gasteiger partial charge in [0.25, 0.3) is 0 Å². The second-order valence-corrected chi connectivity index (χ2v) is 10.8. The van der Waals surface area contributed by atoms with Gasteiger partial charge in [-0.1, -0.05) is 53.1 Å². The maximum absolute atomic E-state index is 13.5. The zero-order chi connectivity index (χ0) is 22.2. The summed E-state index contributed by atoms with van der Waals surface area (Å²) in [5.74, 6) is 2.24. The summed E-state index contributed by atoms with van der Waals surface area (Å²) in [4.78, 5) is 26.0. The zero-order valence-electron chi connectivity index (χ0n) is 18.1. The van der Waals surface area contributed by atoms with E-state index in [4.69, 9.17) is 16.6 Å². The maximum atomic E-state index is 13.5. The lowest BCUT2D eigenvalue weighted by atomic mass is 9.96. The summed E-state index contributed by atoms with van der Waals surface area (Å²) in [7, 11) is 0. The van der Waals surface area contributed by atoms with Gasteiger partial charge in [0.15, 0.2) is 0 Å². The van der Waals surface area contributed by atoms with Crippen LogP contribution in [0.3, 0.4) is 0 Å². The van der Waals surface area contributed by atoms with E-state index in [1.165, 1.54) is 0 Å². The van der Waals surface area contributed by atoms with Crippen molar-refractivity contribution in [3.8, 4) is 0 Å². The lowest BCUT2D eigenvalue weighted by Crippen LogP contribution is -2.53. The number of carbonyl (C=O) groups excluding carboxylic acids is 1. The highest BCUT2D eigenvalue weighted by atomic mass is 35.5. The molecule has 1 atom stereocenters. The molecule has 8 heteroatoms. The van der Waals surface area contributed by atoms with Crippen LogP contribution in [-0.2, 0) is 16.0 Å². The van der Waals surface area contributed by atoms with Crippen LogP contribution >= 0.6 is 11.6 Å². The number of H-pyrrole nitrogens is 1. The van der Waals surface area contributed by atoms with E-state index in [-0.39, 0.29) is 17.9 Å². The van der Waals surface area contributed by atoms with E-state index in [1.807, 2.05) is 42.2 Å². The summed E-state index contributed by atoms with van der Waals surface area (Å²) in [6, 6.07) is 14.1. The first-order valence-corrected chi connectivity index (χ1v) is 13.0. The second-order valence-electron chi connectivity index (χ2n) is 8.71. The van der Waals surface area contributed by atoms with Crippen LogP contribution in [0.2, 0.25) is 5.02 Å². The monoisotopic (exact) mass is 470 g/mol. The van der Waals surface area contributed by atoms with E-state index in [0.717, 1.165) is 41.0 Å². The number of amides is 1. The number of imidazole rings is 1. The number of aromatic nitrogens is 2. The van der Waals surface area contributed by atoms with Crippen LogP contribution < -0.4 is 4.90 Å². The third-order valence-electron chi connectivity index (χ3n) is 6.63. The minimum Gasteiger partial charge on any atom is -0.616 e. The van der Waals surface area contributed by atoms with E-state index < -0.39 is 11.2 Å². The van der Waals surface area contributed by atoms with Crippen LogP contribution in [0.1, 0.15) is 30.0 Å². The molecule has 2 aliphatic heterocycles. The molecule has 0 saturated carbocycles. The third-order valence-corrected chi connectivity index (χ3v) is 8.42.